The standard InChI is InChI=1S/C18H11I2N/c19-12-9-10-17-14(11-12)13-5-1-3-7-16(13)21(17)18-8-4-2-6-15(18)20/h1-11H. The Hall–Kier alpha value is -1.08. The van der Waals surface area contributed by atoms with Gasteiger partial charge in [0, 0.05) is 17.9 Å². The Kier molecular flexibility index (Phi) is 3.41. The maximum Gasteiger partial charge on any atom is 0.0595 e. The van der Waals surface area contributed by atoms with Crippen LogP contribution in [0.15, 0.2) is 66.7 Å². The van der Waals surface area contributed by atoms with Crippen molar-refractivity contribution >= 4 is 67.0 Å². The number of halogens is 2. The Morgan fingerprint density at radius 2 is 1.38 bits per heavy atom. The molecule has 1 nitrogen and oxygen atoms in total. The van der Waals surface area contributed by atoms with Crippen molar-refractivity contribution in [2.45, 2.75) is 0 Å². The third-order valence-electron chi connectivity index (χ3n) is 3.73. The van der Waals surface area contributed by atoms with Gasteiger partial charge in [-0.05, 0) is 81.6 Å². The Morgan fingerprint density at radius 3 is 2.24 bits per heavy atom. The number of hydrogen-bond donors (Lipinski definition) is 0. The first-order chi connectivity index (χ1) is 10.3. The zero-order chi connectivity index (χ0) is 14.4. The lowest BCUT2D eigenvalue weighted by molar-refractivity contribution is 1.17. The van der Waals surface area contributed by atoms with Crippen molar-refractivity contribution in [3.05, 3.63) is 73.9 Å². The Labute approximate surface area is 150 Å². The topological polar surface area (TPSA) is 4.93 Å². The second-order valence-electron chi connectivity index (χ2n) is 4.97. The number of para-hydroxylation sites is 2. The molecule has 1 aromatic heterocycles. The SMILES string of the molecule is Ic1ccc2c(c1)c1ccccc1n2-c1ccccc1I. The summed E-state index contributed by atoms with van der Waals surface area (Å²) in [5.74, 6) is 0. The van der Waals surface area contributed by atoms with Crippen molar-refractivity contribution in [1.82, 2.24) is 4.57 Å². The van der Waals surface area contributed by atoms with E-state index in [1.807, 2.05) is 0 Å². The van der Waals surface area contributed by atoms with Gasteiger partial charge in [0.2, 0.25) is 0 Å². The van der Waals surface area contributed by atoms with E-state index in [0.29, 0.717) is 0 Å². The van der Waals surface area contributed by atoms with Crippen LogP contribution in [0, 0.1) is 7.14 Å². The second kappa shape index (κ2) is 5.28. The van der Waals surface area contributed by atoms with E-state index >= 15 is 0 Å². The lowest BCUT2D eigenvalue weighted by Gasteiger charge is -2.09. The molecule has 0 N–H and O–H groups in total. The maximum absolute atomic E-state index is 2.41. The van der Waals surface area contributed by atoms with E-state index in [0.717, 1.165) is 0 Å². The maximum atomic E-state index is 2.41. The van der Waals surface area contributed by atoms with E-state index in [9.17, 15) is 0 Å². The first-order valence-electron chi connectivity index (χ1n) is 6.69. The predicted octanol–water partition coefficient (Wildman–Crippen LogP) is 5.99. The Balaban J connectivity index is 2.23. The van der Waals surface area contributed by atoms with Gasteiger partial charge in [-0.1, -0.05) is 30.3 Å². The van der Waals surface area contributed by atoms with Gasteiger partial charge in [0.15, 0.2) is 0 Å². The summed E-state index contributed by atoms with van der Waals surface area (Å²) in [6.07, 6.45) is 0. The van der Waals surface area contributed by atoms with Gasteiger partial charge in [0.1, 0.15) is 0 Å². The van der Waals surface area contributed by atoms with Crippen LogP contribution in [0.25, 0.3) is 27.5 Å². The van der Waals surface area contributed by atoms with Gasteiger partial charge in [-0.2, -0.15) is 0 Å². The molecule has 0 radical (unpaired) electrons. The first-order valence-corrected chi connectivity index (χ1v) is 8.85. The summed E-state index contributed by atoms with van der Waals surface area (Å²) in [6.45, 7) is 0. The molecule has 0 fully saturated rings. The molecule has 4 rings (SSSR count). The molecule has 4 aromatic rings. The Bertz CT molecular complexity index is 969. The predicted molar refractivity (Wildman–Crippen MR) is 106 cm³/mol. The largest absolute Gasteiger partial charge is 0.308 e. The molecule has 0 unspecified atom stereocenters. The zero-order valence-electron chi connectivity index (χ0n) is 11.1. The van der Waals surface area contributed by atoms with Gasteiger partial charge in [-0.15, -0.1) is 0 Å². The van der Waals surface area contributed by atoms with E-state index in [-0.39, 0.29) is 0 Å². The van der Waals surface area contributed by atoms with Crippen molar-refractivity contribution in [2.24, 2.45) is 0 Å². The molecule has 21 heavy (non-hydrogen) atoms. The van der Waals surface area contributed by atoms with Crippen molar-refractivity contribution < 1.29 is 0 Å². The molecule has 3 aromatic carbocycles. The fourth-order valence-electron chi connectivity index (χ4n) is 2.84. The minimum Gasteiger partial charge on any atom is -0.308 e. The summed E-state index contributed by atoms with van der Waals surface area (Å²) >= 11 is 4.79. The van der Waals surface area contributed by atoms with Crippen molar-refractivity contribution in [3.63, 3.8) is 0 Å². The highest BCUT2D eigenvalue weighted by atomic mass is 127. The highest BCUT2D eigenvalue weighted by molar-refractivity contribution is 14.1. The molecule has 102 valence electrons. The van der Waals surface area contributed by atoms with Gasteiger partial charge in [-0.25, -0.2) is 0 Å². The fraction of sp³-hybridized carbons (Fsp3) is 0. The molecule has 1 heterocycles. The van der Waals surface area contributed by atoms with Crippen molar-refractivity contribution in [3.8, 4) is 5.69 Å². The summed E-state index contributed by atoms with van der Waals surface area (Å²) in [6, 6.07) is 23.8. The van der Waals surface area contributed by atoms with E-state index in [1.165, 1.54) is 34.6 Å². The lowest BCUT2D eigenvalue weighted by Crippen LogP contribution is -1.96. The number of hydrogen-bond acceptors (Lipinski definition) is 0. The van der Waals surface area contributed by atoms with Crippen molar-refractivity contribution in [2.75, 3.05) is 0 Å². The third-order valence-corrected chi connectivity index (χ3v) is 5.31. The molecule has 3 heteroatoms. The van der Waals surface area contributed by atoms with Gasteiger partial charge in [0.05, 0.1) is 16.7 Å². The summed E-state index contributed by atoms with van der Waals surface area (Å²) in [5.41, 5.74) is 3.77. The molecular weight excluding hydrogens is 484 g/mol. The normalized spacial score (nSPS) is 11.3. The zero-order valence-corrected chi connectivity index (χ0v) is 15.4. The molecule has 0 spiro atoms. The first kappa shape index (κ1) is 13.6. The van der Waals surface area contributed by atoms with E-state index in [2.05, 4.69) is 116 Å². The number of rotatable bonds is 1. The minimum absolute atomic E-state index is 1.24. The number of aromatic nitrogens is 1. The average molecular weight is 495 g/mol. The van der Waals surface area contributed by atoms with Crippen LogP contribution < -0.4 is 0 Å². The highest BCUT2D eigenvalue weighted by Crippen LogP contribution is 2.33. The summed E-state index contributed by atoms with van der Waals surface area (Å²) in [5, 5.41) is 2.63. The molecule has 0 aliphatic carbocycles. The third kappa shape index (κ3) is 2.17. The monoisotopic (exact) mass is 495 g/mol. The highest BCUT2D eigenvalue weighted by Gasteiger charge is 2.13. The van der Waals surface area contributed by atoms with Crippen LogP contribution >= 0.6 is 45.2 Å². The van der Waals surface area contributed by atoms with Crippen LogP contribution in [-0.2, 0) is 0 Å². The van der Waals surface area contributed by atoms with E-state index in [4.69, 9.17) is 0 Å². The summed E-state index contributed by atoms with van der Waals surface area (Å²) < 4.78 is 4.89. The van der Waals surface area contributed by atoms with Crippen LogP contribution in [0.1, 0.15) is 0 Å². The van der Waals surface area contributed by atoms with Gasteiger partial charge in [0.25, 0.3) is 0 Å². The quantitative estimate of drug-likeness (QED) is 0.286. The van der Waals surface area contributed by atoms with Crippen LogP contribution in [0.2, 0.25) is 0 Å². The molecule has 0 atom stereocenters. The molecule has 0 bridgehead atoms. The molecule has 0 amide bonds. The average Bonchev–Trinajstić information content (AvgIpc) is 2.82. The fourth-order valence-corrected chi connectivity index (χ4v) is 3.96. The van der Waals surface area contributed by atoms with Gasteiger partial charge in [-0.3, -0.25) is 0 Å². The number of fused-ring (bicyclic) bond motifs is 3. The number of benzene rings is 3. The summed E-state index contributed by atoms with van der Waals surface area (Å²) in [4.78, 5) is 0. The van der Waals surface area contributed by atoms with Gasteiger partial charge >= 0.3 is 0 Å². The minimum atomic E-state index is 1.24. The molecule has 0 saturated heterocycles. The van der Waals surface area contributed by atoms with E-state index < -0.39 is 0 Å². The van der Waals surface area contributed by atoms with E-state index in [1.54, 1.807) is 0 Å². The number of nitrogens with zero attached hydrogens (tertiary/aromatic N) is 1. The summed E-state index contributed by atoms with van der Waals surface area (Å²) in [7, 11) is 0. The lowest BCUT2D eigenvalue weighted by atomic mass is 10.2. The van der Waals surface area contributed by atoms with Gasteiger partial charge < -0.3 is 4.57 Å². The van der Waals surface area contributed by atoms with Crippen LogP contribution in [0.5, 0.6) is 0 Å². The molecular formula is C18H11I2N. The van der Waals surface area contributed by atoms with Crippen LogP contribution in [0.4, 0.5) is 0 Å². The van der Waals surface area contributed by atoms with Crippen LogP contribution in [-0.4, -0.2) is 4.57 Å². The molecule has 0 aliphatic rings. The Morgan fingerprint density at radius 1 is 0.667 bits per heavy atom. The smallest absolute Gasteiger partial charge is 0.0595 e. The van der Waals surface area contributed by atoms with Crippen LogP contribution in [0.3, 0.4) is 0 Å². The molecule has 0 saturated carbocycles. The second-order valence-corrected chi connectivity index (χ2v) is 7.37. The van der Waals surface area contributed by atoms with Crippen molar-refractivity contribution in [1.29, 1.82) is 0 Å². The molecule has 0 aliphatic heterocycles.